The molecule has 1 nitrogen and oxygen atoms in total. The Morgan fingerprint density at radius 1 is 1.00 bits per heavy atom. The van der Waals surface area contributed by atoms with Gasteiger partial charge >= 0.3 is 0 Å². The lowest BCUT2D eigenvalue weighted by atomic mass is 9.79. The molecule has 2 aromatic carbocycles. The van der Waals surface area contributed by atoms with Crippen molar-refractivity contribution in [3.05, 3.63) is 64.7 Å². The molecule has 0 unspecified atom stereocenters. The number of nitrogens with zero attached hydrogens (tertiary/aromatic N) is 1. The molecule has 18 heavy (non-hydrogen) atoms. The van der Waals surface area contributed by atoms with Gasteiger partial charge in [0.2, 0.25) is 0 Å². The first kappa shape index (κ1) is 11.5. The van der Waals surface area contributed by atoms with Crippen molar-refractivity contribution in [2.45, 2.75) is 19.3 Å². The Kier molecular flexibility index (Phi) is 2.53. The summed E-state index contributed by atoms with van der Waals surface area (Å²) in [5, 5.41) is 0.770. The fourth-order valence-corrected chi connectivity index (χ4v) is 2.69. The smallest absolute Gasteiger partial charge is 0.0676 e. The third-order valence-corrected chi connectivity index (χ3v) is 3.74. The molecule has 0 radical (unpaired) electrons. The minimum atomic E-state index is -0.0956. The van der Waals surface area contributed by atoms with E-state index in [1.54, 1.807) is 0 Å². The van der Waals surface area contributed by atoms with Gasteiger partial charge in [0.15, 0.2) is 0 Å². The van der Waals surface area contributed by atoms with E-state index in [4.69, 9.17) is 16.6 Å². The molecule has 0 spiro atoms. The highest BCUT2D eigenvalue weighted by molar-refractivity contribution is 6.31. The molecular weight excluding hydrogens is 242 g/mol. The molecule has 0 fully saturated rings. The number of aliphatic imine (C=N–C) groups is 1. The van der Waals surface area contributed by atoms with Gasteiger partial charge in [-0.25, -0.2) is 0 Å². The fourth-order valence-electron chi connectivity index (χ4n) is 2.52. The van der Waals surface area contributed by atoms with Crippen molar-refractivity contribution in [1.82, 2.24) is 0 Å². The Morgan fingerprint density at radius 2 is 1.72 bits per heavy atom. The maximum absolute atomic E-state index is 6.09. The molecule has 1 heterocycles. The quantitative estimate of drug-likeness (QED) is 0.697. The van der Waals surface area contributed by atoms with Crippen LogP contribution in [-0.4, -0.2) is 5.71 Å². The van der Waals surface area contributed by atoms with E-state index >= 15 is 0 Å². The highest BCUT2D eigenvalue weighted by Gasteiger charge is 2.35. The van der Waals surface area contributed by atoms with Crippen molar-refractivity contribution in [2.24, 2.45) is 4.99 Å². The first-order valence-corrected chi connectivity index (χ1v) is 6.41. The lowest BCUT2D eigenvalue weighted by Crippen LogP contribution is -2.26. The molecule has 3 rings (SSSR count). The summed E-state index contributed by atoms with van der Waals surface area (Å²) in [7, 11) is 0. The van der Waals surface area contributed by atoms with Crippen LogP contribution < -0.4 is 0 Å². The van der Waals surface area contributed by atoms with Gasteiger partial charge in [0.1, 0.15) is 0 Å². The number of rotatable bonds is 1. The Balaban J connectivity index is 2.16. The van der Waals surface area contributed by atoms with E-state index in [0.29, 0.717) is 0 Å². The van der Waals surface area contributed by atoms with Crippen LogP contribution in [0.25, 0.3) is 0 Å². The highest BCUT2D eigenvalue weighted by atomic mass is 35.5. The number of hydrogen-bond acceptors (Lipinski definition) is 1. The van der Waals surface area contributed by atoms with E-state index in [1.165, 1.54) is 11.1 Å². The molecule has 0 N–H and O–H groups in total. The molecule has 0 atom stereocenters. The Hall–Kier alpha value is -1.60. The minimum Gasteiger partial charge on any atom is -0.252 e. The normalized spacial score (nSPS) is 16.3. The van der Waals surface area contributed by atoms with Crippen LogP contribution in [0, 0.1) is 0 Å². The molecule has 0 amide bonds. The lowest BCUT2D eigenvalue weighted by Gasteiger charge is -2.22. The van der Waals surface area contributed by atoms with Gasteiger partial charge in [-0.2, -0.15) is 0 Å². The van der Waals surface area contributed by atoms with Gasteiger partial charge in [0.05, 0.1) is 11.4 Å². The predicted molar refractivity (Wildman–Crippen MR) is 77.1 cm³/mol. The summed E-state index contributed by atoms with van der Waals surface area (Å²) in [6.45, 7) is 4.39. The maximum Gasteiger partial charge on any atom is 0.0676 e. The fraction of sp³-hybridized carbons (Fsp3) is 0.188. The van der Waals surface area contributed by atoms with Gasteiger partial charge in [-0.1, -0.05) is 55.8 Å². The Bertz CT molecular complexity index is 627. The van der Waals surface area contributed by atoms with E-state index in [1.807, 2.05) is 36.4 Å². The molecule has 1 aliphatic rings. The zero-order valence-electron chi connectivity index (χ0n) is 10.4. The molecule has 0 bridgehead atoms. The molecule has 2 aromatic rings. The van der Waals surface area contributed by atoms with E-state index in [9.17, 15) is 0 Å². The average Bonchev–Trinajstić information content (AvgIpc) is 2.63. The Morgan fingerprint density at radius 3 is 2.44 bits per heavy atom. The maximum atomic E-state index is 6.09. The van der Waals surface area contributed by atoms with Crippen molar-refractivity contribution in [1.29, 1.82) is 0 Å². The summed E-state index contributed by atoms with van der Waals surface area (Å²) in [5.41, 5.74) is 4.42. The van der Waals surface area contributed by atoms with Crippen molar-refractivity contribution in [3.63, 3.8) is 0 Å². The summed E-state index contributed by atoms with van der Waals surface area (Å²) in [6.07, 6.45) is 0. The van der Waals surface area contributed by atoms with Gasteiger partial charge < -0.3 is 0 Å². The summed E-state index contributed by atoms with van der Waals surface area (Å²) in [4.78, 5) is 4.77. The van der Waals surface area contributed by atoms with Crippen molar-refractivity contribution >= 4 is 23.0 Å². The van der Waals surface area contributed by atoms with Crippen LogP contribution in [0.5, 0.6) is 0 Å². The average molecular weight is 256 g/mol. The van der Waals surface area contributed by atoms with Gasteiger partial charge in [-0.3, -0.25) is 4.99 Å². The van der Waals surface area contributed by atoms with Crippen LogP contribution in [0.2, 0.25) is 5.02 Å². The summed E-state index contributed by atoms with van der Waals surface area (Å²) in [6, 6.07) is 16.2. The van der Waals surface area contributed by atoms with Crippen molar-refractivity contribution in [2.75, 3.05) is 0 Å². The SMILES string of the molecule is CC1(C)C(c2ccccc2)=Nc2ccc(Cl)cc21. The largest absolute Gasteiger partial charge is 0.252 e. The molecule has 90 valence electrons. The standard InChI is InChI=1S/C16H14ClN/c1-16(2)13-10-12(17)8-9-14(13)18-15(16)11-6-4-3-5-7-11/h3-10H,1-2H3. The monoisotopic (exact) mass is 255 g/mol. The molecule has 0 saturated heterocycles. The highest BCUT2D eigenvalue weighted by Crippen LogP contribution is 2.42. The topological polar surface area (TPSA) is 12.4 Å². The first-order chi connectivity index (χ1) is 8.59. The van der Waals surface area contributed by atoms with E-state index < -0.39 is 0 Å². The molecule has 1 aliphatic heterocycles. The number of fused-ring (bicyclic) bond motifs is 1. The lowest BCUT2D eigenvalue weighted by molar-refractivity contribution is 0.737. The molecular formula is C16H14ClN. The molecule has 2 heteroatoms. The Labute approximate surface area is 112 Å². The predicted octanol–water partition coefficient (Wildman–Crippen LogP) is 4.75. The third kappa shape index (κ3) is 1.67. The second kappa shape index (κ2) is 3.96. The number of halogens is 1. The number of hydrogen-bond donors (Lipinski definition) is 0. The second-order valence-electron chi connectivity index (χ2n) is 5.11. The van der Waals surface area contributed by atoms with Crippen LogP contribution in [0.4, 0.5) is 5.69 Å². The third-order valence-electron chi connectivity index (χ3n) is 3.50. The van der Waals surface area contributed by atoms with Gasteiger partial charge in [-0.05, 0) is 29.3 Å². The zero-order chi connectivity index (χ0) is 12.8. The van der Waals surface area contributed by atoms with Crippen LogP contribution in [-0.2, 0) is 5.41 Å². The van der Waals surface area contributed by atoms with Crippen LogP contribution in [0.1, 0.15) is 25.0 Å². The van der Waals surface area contributed by atoms with E-state index in [-0.39, 0.29) is 5.41 Å². The summed E-state index contributed by atoms with van der Waals surface area (Å²) in [5.74, 6) is 0. The molecule has 0 saturated carbocycles. The molecule has 0 aliphatic carbocycles. The van der Waals surface area contributed by atoms with Gasteiger partial charge in [0, 0.05) is 10.4 Å². The van der Waals surface area contributed by atoms with Crippen LogP contribution in [0.15, 0.2) is 53.5 Å². The molecule has 0 aromatic heterocycles. The van der Waals surface area contributed by atoms with Gasteiger partial charge in [0.25, 0.3) is 0 Å². The van der Waals surface area contributed by atoms with Crippen molar-refractivity contribution < 1.29 is 0 Å². The second-order valence-corrected chi connectivity index (χ2v) is 5.55. The summed E-state index contributed by atoms with van der Waals surface area (Å²) >= 11 is 6.09. The van der Waals surface area contributed by atoms with E-state index in [0.717, 1.165) is 16.4 Å². The van der Waals surface area contributed by atoms with E-state index in [2.05, 4.69) is 26.0 Å². The summed E-state index contributed by atoms with van der Waals surface area (Å²) < 4.78 is 0. The van der Waals surface area contributed by atoms with Crippen LogP contribution in [0.3, 0.4) is 0 Å². The van der Waals surface area contributed by atoms with Crippen LogP contribution >= 0.6 is 11.6 Å². The first-order valence-electron chi connectivity index (χ1n) is 6.03. The number of benzene rings is 2. The van der Waals surface area contributed by atoms with Gasteiger partial charge in [-0.15, -0.1) is 0 Å². The van der Waals surface area contributed by atoms with Crippen molar-refractivity contribution in [3.8, 4) is 0 Å². The zero-order valence-corrected chi connectivity index (χ0v) is 11.2. The minimum absolute atomic E-state index is 0.0956.